The van der Waals surface area contributed by atoms with Crippen molar-refractivity contribution in [2.45, 2.75) is 18.5 Å². The van der Waals surface area contributed by atoms with Gasteiger partial charge in [-0.25, -0.2) is 9.18 Å². The molecule has 5 nitrogen and oxygen atoms in total. The van der Waals surface area contributed by atoms with Crippen molar-refractivity contribution in [3.8, 4) is 0 Å². The van der Waals surface area contributed by atoms with E-state index in [4.69, 9.17) is 4.74 Å². The quantitative estimate of drug-likeness (QED) is 0.507. The average molecular weight is 445 g/mol. The highest BCUT2D eigenvalue weighted by atomic mass is 79.9. The van der Waals surface area contributed by atoms with Crippen LogP contribution in [0.15, 0.2) is 76.3 Å². The molecule has 0 spiro atoms. The third-order valence-corrected chi connectivity index (χ3v) is 5.21. The van der Waals surface area contributed by atoms with Crippen LogP contribution in [-0.2, 0) is 14.3 Å². The molecule has 0 bridgehead atoms. The zero-order chi connectivity index (χ0) is 20.5. The zero-order valence-electron chi connectivity index (χ0n) is 15.4. The Morgan fingerprint density at radius 1 is 1.21 bits per heavy atom. The number of anilines is 1. The molecule has 0 N–H and O–H groups in total. The minimum atomic E-state index is -2.57. The van der Waals surface area contributed by atoms with Gasteiger partial charge in [-0.05, 0) is 36.8 Å². The summed E-state index contributed by atoms with van der Waals surface area (Å²) in [6.45, 7) is 5.16. The van der Waals surface area contributed by atoms with Crippen LogP contribution >= 0.6 is 15.9 Å². The summed E-state index contributed by atoms with van der Waals surface area (Å²) in [6.07, 6.45) is 0. The van der Waals surface area contributed by atoms with Gasteiger partial charge in [-0.1, -0.05) is 52.8 Å². The Balaban J connectivity index is 2.12. The highest BCUT2D eigenvalue weighted by molar-refractivity contribution is 9.10. The molecule has 1 heterocycles. The highest BCUT2D eigenvalue weighted by Crippen LogP contribution is 2.44. The number of ether oxygens (including phenoxy) is 1. The number of methoxy groups -OCH3 is 1. The first kappa shape index (κ1) is 19.9. The zero-order valence-corrected chi connectivity index (χ0v) is 16.9. The molecule has 144 valence electrons. The number of carbonyl (C=O) groups is 2. The number of alkyl halides is 1. The van der Waals surface area contributed by atoms with E-state index in [9.17, 15) is 9.59 Å². The van der Waals surface area contributed by atoms with E-state index in [1.165, 1.54) is 14.0 Å². The van der Waals surface area contributed by atoms with Gasteiger partial charge in [0, 0.05) is 10.0 Å². The maximum atomic E-state index is 16.4. The summed E-state index contributed by atoms with van der Waals surface area (Å²) in [5.41, 5.74) is -1.94. The van der Waals surface area contributed by atoms with Crippen molar-refractivity contribution in [1.82, 2.24) is 0 Å². The van der Waals surface area contributed by atoms with Crippen LogP contribution in [0.5, 0.6) is 0 Å². The summed E-state index contributed by atoms with van der Waals surface area (Å²) >= 11 is 3.33. The van der Waals surface area contributed by atoms with Gasteiger partial charge in [0.25, 0.3) is 5.91 Å². The van der Waals surface area contributed by atoms with Crippen LogP contribution in [-0.4, -0.2) is 30.4 Å². The Kier molecular flexibility index (Phi) is 5.47. The van der Waals surface area contributed by atoms with Crippen molar-refractivity contribution in [3.63, 3.8) is 0 Å². The Labute approximate surface area is 170 Å². The van der Waals surface area contributed by atoms with E-state index in [1.807, 2.05) is 0 Å². The Morgan fingerprint density at radius 2 is 1.82 bits per heavy atom. The van der Waals surface area contributed by atoms with Gasteiger partial charge in [0.05, 0.1) is 24.4 Å². The standard InChI is InChI=1S/C21H18BrFN2O3/c1-13(19(26)28-3)18(15-9-11-16(22)12-10-15)21(23)14(2)24-25(20(21)27)17-7-5-4-6-8-17/h4-12,18H,1H2,2-3H3. The van der Waals surface area contributed by atoms with Crippen LogP contribution in [0.1, 0.15) is 18.4 Å². The molecule has 2 atom stereocenters. The van der Waals surface area contributed by atoms with Crippen LogP contribution in [0.4, 0.5) is 10.1 Å². The van der Waals surface area contributed by atoms with E-state index >= 15 is 4.39 Å². The van der Waals surface area contributed by atoms with Gasteiger partial charge in [0.15, 0.2) is 0 Å². The van der Waals surface area contributed by atoms with E-state index in [0.29, 0.717) is 11.3 Å². The second kappa shape index (κ2) is 7.67. The van der Waals surface area contributed by atoms with Crippen molar-refractivity contribution < 1.29 is 18.7 Å². The minimum Gasteiger partial charge on any atom is -0.466 e. The maximum Gasteiger partial charge on any atom is 0.333 e. The number of benzene rings is 2. The van der Waals surface area contributed by atoms with Gasteiger partial charge in [0.2, 0.25) is 5.67 Å². The molecule has 1 aliphatic rings. The van der Waals surface area contributed by atoms with Gasteiger partial charge in [-0.2, -0.15) is 10.1 Å². The predicted octanol–water partition coefficient (Wildman–Crippen LogP) is 4.39. The van der Waals surface area contributed by atoms with E-state index in [2.05, 4.69) is 27.6 Å². The fourth-order valence-electron chi connectivity index (χ4n) is 3.23. The summed E-state index contributed by atoms with van der Waals surface area (Å²) in [4.78, 5) is 25.4. The molecule has 3 rings (SSSR count). The number of carbonyl (C=O) groups excluding carboxylic acids is 2. The van der Waals surface area contributed by atoms with Crippen molar-refractivity contribution in [1.29, 1.82) is 0 Å². The molecule has 2 aromatic carbocycles. The van der Waals surface area contributed by atoms with E-state index in [0.717, 1.165) is 9.48 Å². The normalized spacial score (nSPS) is 19.9. The largest absolute Gasteiger partial charge is 0.466 e. The maximum absolute atomic E-state index is 16.4. The summed E-state index contributed by atoms with van der Waals surface area (Å²) in [6, 6.07) is 15.2. The molecule has 0 radical (unpaired) electrons. The van der Waals surface area contributed by atoms with Gasteiger partial charge < -0.3 is 4.74 Å². The summed E-state index contributed by atoms with van der Waals surface area (Å²) in [5.74, 6) is -2.95. The van der Waals surface area contributed by atoms with Gasteiger partial charge in [0.1, 0.15) is 0 Å². The second-order valence-electron chi connectivity index (χ2n) is 6.35. The lowest BCUT2D eigenvalue weighted by Gasteiger charge is -2.30. The van der Waals surface area contributed by atoms with Crippen molar-refractivity contribution in [2.75, 3.05) is 12.1 Å². The molecule has 0 aromatic heterocycles. The monoisotopic (exact) mass is 444 g/mol. The van der Waals surface area contributed by atoms with E-state index in [-0.39, 0.29) is 11.3 Å². The fraction of sp³-hybridized carbons (Fsp3) is 0.190. The summed E-state index contributed by atoms with van der Waals surface area (Å²) < 4.78 is 22.0. The molecule has 0 fully saturated rings. The molecule has 28 heavy (non-hydrogen) atoms. The first-order chi connectivity index (χ1) is 13.3. The molecule has 0 aliphatic carbocycles. The third-order valence-electron chi connectivity index (χ3n) is 4.68. The smallest absolute Gasteiger partial charge is 0.333 e. The first-order valence-corrected chi connectivity index (χ1v) is 9.26. The lowest BCUT2D eigenvalue weighted by molar-refractivity contribution is -0.137. The van der Waals surface area contributed by atoms with Crippen molar-refractivity contribution in [2.24, 2.45) is 5.10 Å². The van der Waals surface area contributed by atoms with Gasteiger partial charge in [-0.3, -0.25) is 4.79 Å². The molecule has 2 unspecified atom stereocenters. The molecule has 0 saturated heterocycles. The number of para-hydroxylation sites is 1. The number of esters is 1. The van der Waals surface area contributed by atoms with Crippen molar-refractivity contribution >= 4 is 39.2 Å². The molecule has 1 aliphatic heterocycles. The number of rotatable bonds is 5. The fourth-order valence-corrected chi connectivity index (χ4v) is 3.49. The molecule has 7 heteroatoms. The lowest BCUT2D eigenvalue weighted by Crippen LogP contribution is -2.48. The summed E-state index contributed by atoms with van der Waals surface area (Å²) in [5, 5.41) is 5.17. The van der Waals surface area contributed by atoms with Crippen LogP contribution in [0.3, 0.4) is 0 Å². The number of hydrogen-bond acceptors (Lipinski definition) is 4. The van der Waals surface area contributed by atoms with Crippen LogP contribution in [0.2, 0.25) is 0 Å². The van der Waals surface area contributed by atoms with Crippen molar-refractivity contribution in [3.05, 3.63) is 76.8 Å². The number of hydrazone groups is 1. The Morgan fingerprint density at radius 3 is 2.39 bits per heavy atom. The van der Waals surface area contributed by atoms with Crippen LogP contribution < -0.4 is 5.01 Å². The van der Waals surface area contributed by atoms with Gasteiger partial charge in [-0.15, -0.1) is 0 Å². The summed E-state index contributed by atoms with van der Waals surface area (Å²) in [7, 11) is 1.19. The molecule has 0 saturated carbocycles. The minimum absolute atomic E-state index is 0.0562. The predicted molar refractivity (Wildman–Crippen MR) is 109 cm³/mol. The number of hydrogen-bond donors (Lipinski definition) is 0. The number of nitrogens with zero attached hydrogens (tertiary/aromatic N) is 2. The number of amides is 1. The third kappa shape index (κ3) is 3.26. The lowest BCUT2D eigenvalue weighted by atomic mass is 9.76. The van der Waals surface area contributed by atoms with Gasteiger partial charge >= 0.3 is 5.97 Å². The molecular weight excluding hydrogens is 427 g/mol. The van der Waals surface area contributed by atoms with Crippen LogP contribution in [0, 0.1) is 0 Å². The Bertz CT molecular complexity index is 959. The highest BCUT2D eigenvalue weighted by Gasteiger charge is 2.58. The average Bonchev–Trinajstić information content (AvgIpc) is 2.94. The Hall–Kier alpha value is -2.80. The topological polar surface area (TPSA) is 59.0 Å². The van der Waals surface area contributed by atoms with E-state index < -0.39 is 23.5 Å². The molecule has 1 amide bonds. The SMILES string of the molecule is C=C(C(=O)OC)C(c1ccc(Br)cc1)C1(F)C(=O)N(c2ccccc2)N=C1C. The molecule has 2 aromatic rings. The van der Waals surface area contributed by atoms with E-state index in [1.54, 1.807) is 54.6 Å². The first-order valence-electron chi connectivity index (χ1n) is 8.47. The molecular formula is C21H18BrFN2O3. The second-order valence-corrected chi connectivity index (χ2v) is 7.27. The number of halogens is 2. The van der Waals surface area contributed by atoms with Crippen LogP contribution in [0.25, 0.3) is 0 Å².